The van der Waals surface area contributed by atoms with Crippen LogP contribution in [0.5, 0.6) is 0 Å². The fourth-order valence-electron chi connectivity index (χ4n) is 1.76. The van der Waals surface area contributed by atoms with Crippen molar-refractivity contribution >= 4 is 0 Å². The van der Waals surface area contributed by atoms with Crippen LogP contribution < -0.4 is 0 Å². The Morgan fingerprint density at radius 3 is 1.95 bits per heavy atom. The lowest BCUT2D eigenvalue weighted by atomic mass is 10.1. The van der Waals surface area contributed by atoms with E-state index in [0.717, 1.165) is 11.4 Å². The molecule has 0 fully saturated rings. The van der Waals surface area contributed by atoms with Crippen molar-refractivity contribution in [1.29, 1.82) is 0 Å². The van der Waals surface area contributed by atoms with Crippen molar-refractivity contribution in [3.05, 3.63) is 54.6 Å². The fourth-order valence-corrected chi connectivity index (χ4v) is 1.76. The number of pyridine rings is 2. The molecule has 0 unspecified atom stereocenters. The number of aromatic nitrogens is 5. The third kappa shape index (κ3) is 2.30. The molecule has 19 heavy (non-hydrogen) atoms. The number of hydrogen-bond acceptors (Lipinski definition) is 5. The van der Waals surface area contributed by atoms with Gasteiger partial charge < -0.3 is 0 Å². The molecule has 0 amide bonds. The lowest BCUT2D eigenvalue weighted by Gasteiger charge is -2.06. The smallest absolute Gasteiger partial charge is 0.148 e. The van der Waals surface area contributed by atoms with E-state index >= 15 is 0 Å². The van der Waals surface area contributed by atoms with Gasteiger partial charge in [-0.15, -0.1) is 10.2 Å². The van der Waals surface area contributed by atoms with Gasteiger partial charge in [-0.2, -0.15) is 0 Å². The van der Waals surface area contributed by atoms with Crippen LogP contribution in [0.1, 0.15) is 5.82 Å². The Bertz CT molecular complexity index is 683. The first-order valence-corrected chi connectivity index (χ1v) is 5.89. The lowest BCUT2D eigenvalue weighted by molar-refractivity contribution is 0.911. The van der Waals surface area contributed by atoms with Gasteiger partial charge >= 0.3 is 0 Å². The maximum atomic E-state index is 4.44. The molecule has 3 aromatic heterocycles. The van der Waals surface area contributed by atoms with Crippen molar-refractivity contribution < 1.29 is 0 Å². The summed E-state index contributed by atoms with van der Waals surface area (Å²) in [4.78, 5) is 13.1. The Hall–Kier alpha value is -2.69. The van der Waals surface area contributed by atoms with Gasteiger partial charge in [0.05, 0.1) is 11.4 Å². The summed E-state index contributed by atoms with van der Waals surface area (Å²) in [5.41, 5.74) is 2.85. The minimum Gasteiger partial charge on any atom is -0.255 e. The third-order valence-electron chi connectivity index (χ3n) is 2.61. The summed E-state index contributed by atoms with van der Waals surface area (Å²) in [6, 6.07) is 11.3. The van der Waals surface area contributed by atoms with E-state index in [1.54, 1.807) is 12.4 Å². The van der Waals surface area contributed by atoms with Gasteiger partial charge in [-0.05, 0) is 31.2 Å². The lowest BCUT2D eigenvalue weighted by Crippen LogP contribution is -2.01. The van der Waals surface area contributed by atoms with Gasteiger partial charge in [0.25, 0.3) is 0 Å². The van der Waals surface area contributed by atoms with E-state index < -0.39 is 0 Å². The predicted octanol–water partition coefficient (Wildman–Crippen LogP) is 2.30. The van der Waals surface area contributed by atoms with Gasteiger partial charge in [0, 0.05) is 12.4 Å². The molecule has 3 heterocycles. The molecule has 0 aromatic carbocycles. The average Bonchev–Trinajstić information content (AvgIpc) is 2.49. The van der Waals surface area contributed by atoms with Crippen LogP contribution >= 0.6 is 0 Å². The Labute approximate surface area is 110 Å². The highest BCUT2D eigenvalue weighted by Crippen LogP contribution is 2.24. The molecule has 3 rings (SSSR count). The molecule has 0 aliphatic heterocycles. The van der Waals surface area contributed by atoms with Crippen LogP contribution in [0.4, 0.5) is 0 Å². The molecule has 0 spiro atoms. The van der Waals surface area contributed by atoms with E-state index in [-0.39, 0.29) is 0 Å². The molecule has 5 heteroatoms. The van der Waals surface area contributed by atoms with Crippen molar-refractivity contribution in [2.24, 2.45) is 0 Å². The topological polar surface area (TPSA) is 64.5 Å². The first-order chi connectivity index (χ1) is 9.34. The first-order valence-electron chi connectivity index (χ1n) is 5.89. The highest BCUT2D eigenvalue weighted by Gasteiger charge is 2.13. The maximum absolute atomic E-state index is 4.44. The largest absolute Gasteiger partial charge is 0.255 e. The van der Waals surface area contributed by atoms with Crippen LogP contribution in [-0.4, -0.2) is 25.1 Å². The first kappa shape index (κ1) is 11.4. The van der Waals surface area contributed by atoms with Gasteiger partial charge in [-0.1, -0.05) is 12.1 Å². The van der Waals surface area contributed by atoms with Crippen LogP contribution in [0, 0.1) is 6.92 Å². The van der Waals surface area contributed by atoms with Gasteiger partial charge in [-0.25, -0.2) is 4.98 Å². The predicted molar refractivity (Wildman–Crippen MR) is 71.0 cm³/mol. The standard InChI is InChI=1S/C14H11N5/c1-10-17-13(11-6-2-4-8-15-11)14(19-18-10)12-7-3-5-9-16-12/h2-9H,1H3. The Balaban J connectivity index is 2.21. The molecular formula is C14H11N5. The fraction of sp³-hybridized carbons (Fsp3) is 0.0714. The average molecular weight is 249 g/mol. The highest BCUT2D eigenvalue weighted by atomic mass is 15.2. The van der Waals surface area contributed by atoms with Crippen LogP contribution in [-0.2, 0) is 0 Å². The second kappa shape index (κ2) is 4.89. The molecule has 3 aromatic rings. The van der Waals surface area contributed by atoms with Gasteiger partial charge in [0.1, 0.15) is 17.2 Å². The second-order valence-electron chi connectivity index (χ2n) is 3.99. The SMILES string of the molecule is Cc1nnc(-c2ccccn2)c(-c2ccccn2)n1. The minimum absolute atomic E-state index is 0.611. The molecule has 92 valence electrons. The van der Waals surface area contributed by atoms with E-state index in [9.17, 15) is 0 Å². The van der Waals surface area contributed by atoms with Crippen LogP contribution in [0.2, 0.25) is 0 Å². The molecule has 0 aliphatic rings. The summed E-state index contributed by atoms with van der Waals surface area (Å²) in [6.07, 6.45) is 3.45. The number of hydrogen-bond donors (Lipinski definition) is 0. The summed E-state index contributed by atoms with van der Waals surface area (Å²) >= 11 is 0. The molecule has 5 nitrogen and oxygen atoms in total. The second-order valence-corrected chi connectivity index (χ2v) is 3.99. The zero-order valence-corrected chi connectivity index (χ0v) is 10.4. The molecule has 0 aliphatic carbocycles. The van der Waals surface area contributed by atoms with Crippen LogP contribution in [0.25, 0.3) is 22.8 Å². The van der Waals surface area contributed by atoms with Crippen molar-refractivity contribution in [3.63, 3.8) is 0 Å². The van der Waals surface area contributed by atoms with E-state index in [2.05, 4.69) is 25.1 Å². The van der Waals surface area contributed by atoms with E-state index in [4.69, 9.17) is 0 Å². The van der Waals surface area contributed by atoms with Gasteiger partial charge in [0.15, 0.2) is 0 Å². The van der Waals surface area contributed by atoms with E-state index in [1.807, 2.05) is 43.3 Å². The van der Waals surface area contributed by atoms with E-state index in [1.165, 1.54) is 0 Å². The van der Waals surface area contributed by atoms with Crippen LogP contribution in [0.15, 0.2) is 48.8 Å². The molecule has 0 N–H and O–H groups in total. The molecule has 0 radical (unpaired) electrons. The van der Waals surface area contributed by atoms with Gasteiger partial charge in [0.2, 0.25) is 0 Å². The van der Waals surface area contributed by atoms with Crippen molar-refractivity contribution in [2.45, 2.75) is 6.92 Å². The molecular weight excluding hydrogens is 238 g/mol. The summed E-state index contributed by atoms with van der Waals surface area (Å²) in [5.74, 6) is 0.611. The normalized spacial score (nSPS) is 10.4. The molecule has 0 saturated carbocycles. The third-order valence-corrected chi connectivity index (χ3v) is 2.61. The molecule has 0 saturated heterocycles. The number of aryl methyl sites for hydroxylation is 1. The van der Waals surface area contributed by atoms with Crippen molar-refractivity contribution in [1.82, 2.24) is 25.1 Å². The molecule has 0 atom stereocenters. The number of nitrogens with zero attached hydrogens (tertiary/aromatic N) is 5. The molecule has 0 bridgehead atoms. The quantitative estimate of drug-likeness (QED) is 0.697. The van der Waals surface area contributed by atoms with Crippen LogP contribution in [0.3, 0.4) is 0 Å². The van der Waals surface area contributed by atoms with Gasteiger partial charge in [-0.3, -0.25) is 9.97 Å². The highest BCUT2D eigenvalue weighted by molar-refractivity contribution is 5.73. The maximum Gasteiger partial charge on any atom is 0.148 e. The summed E-state index contributed by atoms with van der Waals surface area (Å²) in [6.45, 7) is 1.81. The zero-order valence-electron chi connectivity index (χ0n) is 10.4. The Kier molecular flexibility index (Phi) is 2.94. The Morgan fingerprint density at radius 2 is 1.37 bits per heavy atom. The van der Waals surface area contributed by atoms with E-state index in [0.29, 0.717) is 17.2 Å². The Morgan fingerprint density at radius 1 is 0.737 bits per heavy atom. The summed E-state index contributed by atoms with van der Waals surface area (Å²) < 4.78 is 0. The summed E-state index contributed by atoms with van der Waals surface area (Å²) in [5, 5.41) is 8.22. The minimum atomic E-state index is 0.611. The number of rotatable bonds is 2. The van der Waals surface area contributed by atoms with Crippen molar-refractivity contribution in [3.8, 4) is 22.8 Å². The summed E-state index contributed by atoms with van der Waals surface area (Å²) in [7, 11) is 0. The zero-order chi connectivity index (χ0) is 13.1. The van der Waals surface area contributed by atoms with Crippen molar-refractivity contribution in [2.75, 3.05) is 0 Å². The monoisotopic (exact) mass is 249 g/mol.